The smallest absolute Gasteiger partial charge is 0.231 e. The molecule has 3 aliphatic heterocycles. The number of para-hydroxylation sites is 1. The van der Waals surface area contributed by atoms with Gasteiger partial charge in [-0.15, -0.1) is 0 Å². The molecule has 0 saturated carbocycles. The molecule has 0 spiro atoms. The van der Waals surface area contributed by atoms with Gasteiger partial charge in [0.15, 0.2) is 11.5 Å². The number of methoxy groups -OCH3 is 2. The number of benzene rings is 3. The zero-order valence-corrected chi connectivity index (χ0v) is 18.7. The number of hydrogen-bond donors (Lipinski definition) is 2. The molecule has 3 aliphatic rings. The van der Waals surface area contributed by atoms with E-state index in [9.17, 15) is 0 Å². The summed E-state index contributed by atoms with van der Waals surface area (Å²) in [7, 11) is 3.42. The van der Waals surface area contributed by atoms with Gasteiger partial charge < -0.3 is 23.8 Å². The average Bonchev–Trinajstić information content (AvgIpc) is 3.50. The molecular weight excluding hydrogens is 418 g/mol. The zero-order chi connectivity index (χ0) is 22.4. The van der Waals surface area contributed by atoms with Crippen molar-refractivity contribution in [3.05, 3.63) is 77.4 Å². The molecule has 3 unspecified atom stereocenters. The molecule has 0 radical (unpaired) electrons. The first kappa shape index (κ1) is 20.2. The lowest BCUT2D eigenvalue weighted by atomic mass is 9.81. The SMILES string of the molecule is COc1ccc(C2NNC3c4cc5c(cc4N(Cc4ccccc4OC)CC23)OCO5)cc1. The third kappa shape index (κ3) is 3.44. The summed E-state index contributed by atoms with van der Waals surface area (Å²) in [5.74, 6) is 3.69. The van der Waals surface area contributed by atoms with E-state index in [-0.39, 0.29) is 18.9 Å². The molecule has 6 rings (SSSR count). The van der Waals surface area contributed by atoms with Crippen LogP contribution in [-0.4, -0.2) is 27.6 Å². The van der Waals surface area contributed by atoms with Crippen molar-refractivity contribution in [2.75, 3.05) is 32.5 Å². The van der Waals surface area contributed by atoms with Crippen LogP contribution in [-0.2, 0) is 6.54 Å². The Hall–Kier alpha value is -3.42. The molecule has 3 aromatic rings. The van der Waals surface area contributed by atoms with Crippen molar-refractivity contribution in [1.29, 1.82) is 0 Å². The number of ether oxygens (including phenoxy) is 4. The van der Waals surface area contributed by atoms with Crippen LogP contribution in [0.15, 0.2) is 60.7 Å². The van der Waals surface area contributed by atoms with Gasteiger partial charge in [0.05, 0.1) is 26.3 Å². The monoisotopic (exact) mass is 445 g/mol. The Labute approximate surface area is 193 Å². The molecule has 7 nitrogen and oxygen atoms in total. The summed E-state index contributed by atoms with van der Waals surface area (Å²) in [5, 5.41) is 0. The highest BCUT2D eigenvalue weighted by molar-refractivity contribution is 5.66. The van der Waals surface area contributed by atoms with Crippen LogP contribution in [0.5, 0.6) is 23.0 Å². The summed E-state index contributed by atoms with van der Waals surface area (Å²) in [4.78, 5) is 2.43. The lowest BCUT2D eigenvalue weighted by Crippen LogP contribution is -2.39. The molecule has 3 aromatic carbocycles. The van der Waals surface area contributed by atoms with Crippen LogP contribution >= 0.6 is 0 Å². The van der Waals surface area contributed by atoms with Gasteiger partial charge in [-0.3, -0.25) is 0 Å². The molecule has 3 heterocycles. The first-order valence-electron chi connectivity index (χ1n) is 11.2. The average molecular weight is 446 g/mol. The molecule has 33 heavy (non-hydrogen) atoms. The largest absolute Gasteiger partial charge is 0.497 e. The minimum Gasteiger partial charge on any atom is -0.497 e. The lowest BCUT2D eigenvalue weighted by molar-refractivity contribution is 0.174. The van der Waals surface area contributed by atoms with E-state index in [0.717, 1.165) is 47.3 Å². The third-order valence-electron chi connectivity index (χ3n) is 6.91. The molecule has 7 heteroatoms. The van der Waals surface area contributed by atoms with E-state index < -0.39 is 0 Å². The van der Waals surface area contributed by atoms with Crippen molar-refractivity contribution in [2.45, 2.75) is 18.6 Å². The molecule has 2 N–H and O–H groups in total. The fraction of sp³-hybridized carbons (Fsp3) is 0.308. The number of anilines is 1. The molecule has 1 fully saturated rings. The van der Waals surface area contributed by atoms with Crippen molar-refractivity contribution in [2.24, 2.45) is 5.92 Å². The summed E-state index contributed by atoms with van der Waals surface area (Å²) in [6, 6.07) is 21.1. The van der Waals surface area contributed by atoms with Crippen molar-refractivity contribution < 1.29 is 18.9 Å². The van der Waals surface area contributed by atoms with Gasteiger partial charge in [-0.05, 0) is 35.4 Å². The van der Waals surface area contributed by atoms with Gasteiger partial charge in [-0.2, -0.15) is 0 Å². The quantitative estimate of drug-likeness (QED) is 0.616. The van der Waals surface area contributed by atoms with Gasteiger partial charge in [0.2, 0.25) is 6.79 Å². The summed E-state index contributed by atoms with van der Waals surface area (Å²) in [6.07, 6.45) is 0. The maximum absolute atomic E-state index is 5.72. The molecule has 0 amide bonds. The van der Waals surface area contributed by atoms with Crippen LogP contribution in [0.25, 0.3) is 0 Å². The number of hydrazine groups is 1. The van der Waals surface area contributed by atoms with E-state index >= 15 is 0 Å². The van der Waals surface area contributed by atoms with E-state index in [2.05, 4.69) is 52.1 Å². The normalized spacial score (nSPS) is 22.6. The van der Waals surface area contributed by atoms with Crippen molar-refractivity contribution in [3.8, 4) is 23.0 Å². The fourth-order valence-electron chi connectivity index (χ4n) is 5.26. The van der Waals surface area contributed by atoms with Gasteiger partial charge in [-0.1, -0.05) is 30.3 Å². The molecule has 3 atom stereocenters. The standard InChI is InChI=1S/C26H27N3O4/c1-30-18-9-7-16(8-10-18)25-20-14-29(13-17-5-3-4-6-22(17)31-2)21-12-24-23(32-15-33-24)11-19(21)26(20)28-27-25/h3-12,20,25-28H,13-15H2,1-2H3. The number of fused-ring (bicyclic) bond motifs is 4. The second-order valence-electron chi connectivity index (χ2n) is 8.64. The topological polar surface area (TPSA) is 64.2 Å². The Morgan fingerprint density at radius 2 is 1.67 bits per heavy atom. The van der Waals surface area contributed by atoms with E-state index in [1.54, 1.807) is 14.2 Å². The van der Waals surface area contributed by atoms with E-state index in [0.29, 0.717) is 5.92 Å². The second-order valence-corrected chi connectivity index (χ2v) is 8.64. The summed E-state index contributed by atoms with van der Waals surface area (Å²) >= 11 is 0. The summed E-state index contributed by atoms with van der Waals surface area (Å²) < 4.78 is 22.4. The van der Waals surface area contributed by atoms with Crippen LogP contribution in [0.1, 0.15) is 28.8 Å². The minimum atomic E-state index is 0.163. The maximum Gasteiger partial charge on any atom is 0.231 e. The highest BCUT2D eigenvalue weighted by atomic mass is 16.7. The summed E-state index contributed by atoms with van der Waals surface area (Å²) in [5.41, 5.74) is 11.9. The molecule has 0 bridgehead atoms. The fourth-order valence-corrected chi connectivity index (χ4v) is 5.26. The Balaban J connectivity index is 1.39. The van der Waals surface area contributed by atoms with Crippen LogP contribution in [0, 0.1) is 5.92 Å². The maximum atomic E-state index is 5.72. The highest BCUT2D eigenvalue weighted by Crippen LogP contribution is 2.50. The van der Waals surface area contributed by atoms with Gasteiger partial charge in [0, 0.05) is 36.3 Å². The molecular formula is C26H27N3O4. The minimum absolute atomic E-state index is 0.163. The Morgan fingerprint density at radius 1 is 0.909 bits per heavy atom. The van der Waals surface area contributed by atoms with Gasteiger partial charge in [0.25, 0.3) is 0 Å². The first-order chi connectivity index (χ1) is 16.2. The van der Waals surface area contributed by atoms with E-state index in [1.807, 2.05) is 24.3 Å². The van der Waals surface area contributed by atoms with Gasteiger partial charge in [0.1, 0.15) is 11.5 Å². The van der Waals surface area contributed by atoms with Crippen molar-refractivity contribution >= 4 is 5.69 Å². The molecule has 0 aliphatic carbocycles. The van der Waals surface area contributed by atoms with Crippen LogP contribution in [0.3, 0.4) is 0 Å². The number of nitrogens with zero attached hydrogens (tertiary/aromatic N) is 1. The third-order valence-corrected chi connectivity index (χ3v) is 6.91. The van der Waals surface area contributed by atoms with Crippen molar-refractivity contribution in [3.63, 3.8) is 0 Å². The predicted molar refractivity (Wildman–Crippen MR) is 125 cm³/mol. The molecule has 1 saturated heterocycles. The van der Waals surface area contributed by atoms with E-state index in [4.69, 9.17) is 18.9 Å². The number of hydrogen-bond acceptors (Lipinski definition) is 7. The van der Waals surface area contributed by atoms with Crippen molar-refractivity contribution in [1.82, 2.24) is 10.9 Å². The highest BCUT2D eigenvalue weighted by Gasteiger charge is 2.44. The van der Waals surface area contributed by atoms with Gasteiger partial charge in [-0.25, -0.2) is 10.9 Å². The lowest BCUT2D eigenvalue weighted by Gasteiger charge is -2.39. The summed E-state index contributed by atoms with van der Waals surface area (Å²) in [6.45, 7) is 1.89. The Morgan fingerprint density at radius 3 is 2.45 bits per heavy atom. The Bertz CT molecular complexity index is 1170. The van der Waals surface area contributed by atoms with Crippen LogP contribution < -0.4 is 34.7 Å². The Kier molecular flexibility index (Phi) is 5.00. The number of rotatable bonds is 5. The molecule has 0 aromatic heterocycles. The number of nitrogens with one attached hydrogen (secondary N) is 2. The van der Waals surface area contributed by atoms with Gasteiger partial charge >= 0.3 is 0 Å². The van der Waals surface area contributed by atoms with Crippen LogP contribution in [0.4, 0.5) is 5.69 Å². The zero-order valence-electron chi connectivity index (χ0n) is 18.7. The second kappa shape index (κ2) is 8.17. The first-order valence-corrected chi connectivity index (χ1v) is 11.2. The van der Waals surface area contributed by atoms with E-state index in [1.165, 1.54) is 11.1 Å². The van der Waals surface area contributed by atoms with Crippen LogP contribution in [0.2, 0.25) is 0 Å². The molecule has 170 valence electrons. The predicted octanol–water partition coefficient (Wildman–Crippen LogP) is 3.96.